The first kappa shape index (κ1) is 15.9. The summed E-state index contributed by atoms with van der Waals surface area (Å²) in [6.07, 6.45) is 0. The molecule has 0 bridgehead atoms. The van der Waals surface area contributed by atoms with Gasteiger partial charge < -0.3 is 15.0 Å². The summed E-state index contributed by atoms with van der Waals surface area (Å²) in [4.78, 5) is 2.25. The van der Waals surface area contributed by atoms with Crippen LogP contribution in [0.15, 0.2) is 28.4 Å². The second-order valence-electron chi connectivity index (χ2n) is 5.40. The van der Waals surface area contributed by atoms with Crippen molar-refractivity contribution in [3.63, 3.8) is 0 Å². The maximum atomic E-state index is 13.8. The standard InChI is InChI=1S/C15H23FN4O/c1-17-6-7-20(2)10-12-9-18-19-15(12)11-4-5-14(21-3)13(16)8-11/h4-5,8,12,15,17H,6-7,9-10H2,1-3H3. The Labute approximate surface area is 125 Å². The van der Waals surface area contributed by atoms with Gasteiger partial charge in [0.25, 0.3) is 0 Å². The molecule has 1 aromatic carbocycles. The normalized spacial score (nSPS) is 21.2. The first-order valence-electron chi connectivity index (χ1n) is 7.19. The van der Waals surface area contributed by atoms with Crippen LogP contribution in [0, 0.1) is 11.7 Å². The topological polar surface area (TPSA) is 49.2 Å². The van der Waals surface area contributed by atoms with Crippen molar-refractivity contribution in [2.75, 3.05) is 47.4 Å². The highest BCUT2D eigenvalue weighted by atomic mass is 19.1. The average Bonchev–Trinajstić information content (AvgIpc) is 2.93. The Morgan fingerprint density at radius 2 is 2.29 bits per heavy atom. The highest BCUT2D eigenvalue weighted by Crippen LogP contribution is 2.34. The SMILES string of the molecule is CNCCN(C)CC1CN=NC1c1ccc(OC)c(F)c1. The first-order chi connectivity index (χ1) is 10.2. The number of likely N-dealkylation sites (N-methyl/N-ethyl adjacent to an activating group) is 2. The molecule has 1 aromatic rings. The molecule has 1 aliphatic rings. The highest BCUT2D eigenvalue weighted by Gasteiger charge is 2.29. The second kappa shape index (κ2) is 7.47. The fourth-order valence-electron chi connectivity index (χ4n) is 2.59. The predicted octanol–water partition coefficient (Wildman–Crippen LogP) is 2.11. The molecule has 1 heterocycles. The van der Waals surface area contributed by atoms with Crippen LogP contribution in [0.4, 0.5) is 4.39 Å². The number of rotatable bonds is 7. The molecule has 116 valence electrons. The Morgan fingerprint density at radius 1 is 1.48 bits per heavy atom. The van der Waals surface area contributed by atoms with E-state index >= 15 is 0 Å². The van der Waals surface area contributed by atoms with E-state index in [1.807, 2.05) is 13.1 Å². The summed E-state index contributed by atoms with van der Waals surface area (Å²) in [6, 6.07) is 4.97. The van der Waals surface area contributed by atoms with E-state index in [4.69, 9.17) is 4.74 Å². The Morgan fingerprint density at radius 3 is 2.95 bits per heavy atom. The second-order valence-corrected chi connectivity index (χ2v) is 5.40. The molecule has 0 radical (unpaired) electrons. The van der Waals surface area contributed by atoms with E-state index < -0.39 is 0 Å². The molecule has 2 atom stereocenters. The summed E-state index contributed by atoms with van der Waals surface area (Å²) < 4.78 is 18.8. The van der Waals surface area contributed by atoms with Crippen LogP contribution in [-0.4, -0.2) is 52.3 Å². The lowest BCUT2D eigenvalue weighted by Gasteiger charge is -2.23. The molecule has 5 nitrogen and oxygen atoms in total. The highest BCUT2D eigenvalue weighted by molar-refractivity contribution is 5.31. The van der Waals surface area contributed by atoms with Crippen LogP contribution in [0.3, 0.4) is 0 Å². The van der Waals surface area contributed by atoms with Crippen molar-refractivity contribution in [3.05, 3.63) is 29.6 Å². The molecule has 0 aliphatic carbocycles. The average molecular weight is 294 g/mol. The largest absolute Gasteiger partial charge is 0.494 e. The smallest absolute Gasteiger partial charge is 0.165 e. The molecule has 1 aliphatic heterocycles. The molecule has 0 spiro atoms. The van der Waals surface area contributed by atoms with Crippen LogP contribution < -0.4 is 10.1 Å². The summed E-state index contributed by atoms with van der Waals surface area (Å²) in [7, 11) is 5.49. The lowest BCUT2D eigenvalue weighted by atomic mass is 9.94. The van der Waals surface area contributed by atoms with Gasteiger partial charge in [0.05, 0.1) is 13.7 Å². The van der Waals surface area contributed by atoms with E-state index in [2.05, 4.69) is 27.5 Å². The van der Waals surface area contributed by atoms with E-state index in [1.165, 1.54) is 13.2 Å². The molecule has 0 saturated carbocycles. The molecule has 0 aromatic heterocycles. The van der Waals surface area contributed by atoms with Gasteiger partial charge in [-0.15, -0.1) is 0 Å². The molecule has 0 saturated heterocycles. The monoisotopic (exact) mass is 294 g/mol. The Hall–Kier alpha value is -1.53. The van der Waals surface area contributed by atoms with Gasteiger partial charge in [0.2, 0.25) is 0 Å². The first-order valence-corrected chi connectivity index (χ1v) is 7.19. The quantitative estimate of drug-likeness (QED) is 0.838. The minimum absolute atomic E-state index is 0.0672. The maximum Gasteiger partial charge on any atom is 0.165 e. The van der Waals surface area contributed by atoms with Crippen molar-refractivity contribution in [2.45, 2.75) is 6.04 Å². The third kappa shape index (κ3) is 3.98. The van der Waals surface area contributed by atoms with Gasteiger partial charge in [-0.3, -0.25) is 0 Å². The van der Waals surface area contributed by atoms with Crippen molar-refractivity contribution >= 4 is 0 Å². The Bertz CT molecular complexity index is 495. The fourth-order valence-corrected chi connectivity index (χ4v) is 2.59. The molecule has 0 fully saturated rings. The van der Waals surface area contributed by atoms with Gasteiger partial charge in [0.15, 0.2) is 11.6 Å². The lowest BCUT2D eigenvalue weighted by molar-refractivity contribution is 0.271. The number of hydrogen-bond donors (Lipinski definition) is 1. The zero-order valence-corrected chi connectivity index (χ0v) is 12.8. The minimum atomic E-state index is -0.348. The summed E-state index contributed by atoms with van der Waals surface area (Å²) in [5.74, 6) is 0.204. The van der Waals surface area contributed by atoms with E-state index in [0.29, 0.717) is 12.5 Å². The van der Waals surface area contributed by atoms with Crippen molar-refractivity contribution < 1.29 is 9.13 Å². The summed E-state index contributed by atoms with van der Waals surface area (Å²) in [5, 5.41) is 11.6. The van der Waals surface area contributed by atoms with Gasteiger partial charge in [-0.05, 0) is 31.8 Å². The number of azo groups is 1. The number of nitrogens with zero attached hydrogens (tertiary/aromatic N) is 3. The molecule has 0 amide bonds. The molecule has 2 unspecified atom stereocenters. The van der Waals surface area contributed by atoms with Crippen LogP contribution >= 0.6 is 0 Å². The zero-order chi connectivity index (χ0) is 15.2. The summed E-state index contributed by atoms with van der Waals surface area (Å²) in [6.45, 7) is 3.51. The van der Waals surface area contributed by atoms with Crippen LogP contribution in [-0.2, 0) is 0 Å². The van der Waals surface area contributed by atoms with Crippen LogP contribution in [0.1, 0.15) is 11.6 Å². The summed E-state index contributed by atoms with van der Waals surface area (Å²) >= 11 is 0. The molecular weight excluding hydrogens is 271 g/mol. The van der Waals surface area contributed by atoms with Gasteiger partial charge in [0.1, 0.15) is 6.04 Å². The van der Waals surface area contributed by atoms with Crippen molar-refractivity contribution in [3.8, 4) is 5.75 Å². The van der Waals surface area contributed by atoms with Gasteiger partial charge >= 0.3 is 0 Å². The van der Waals surface area contributed by atoms with Crippen LogP contribution in [0.5, 0.6) is 5.75 Å². The molecular formula is C15H23FN4O. The van der Waals surface area contributed by atoms with Crippen LogP contribution in [0.25, 0.3) is 0 Å². The molecule has 6 heteroatoms. The number of ether oxygens (including phenoxy) is 1. The third-order valence-electron chi connectivity index (χ3n) is 3.78. The fraction of sp³-hybridized carbons (Fsp3) is 0.600. The van der Waals surface area contributed by atoms with E-state index in [9.17, 15) is 4.39 Å². The van der Waals surface area contributed by atoms with E-state index in [1.54, 1.807) is 6.07 Å². The minimum Gasteiger partial charge on any atom is -0.494 e. The number of methoxy groups -OCH3 is 1. The van der Waals surface area contributed by atoms with Crippen molar-refractivity contribution in [1.29, 1.82) is 0 Å². The lowest BCUT2D eigenvalue weighted by Crippen LogP contribution is -2.33. The van der Waals surface area contributed by atoms with E-state index in [0.717, 1.165) is 25.2 Å². The van der Waals surface area contributed by atoms with Crippen LogP contribution in [0.2, 0.25) is 0 Å². The number of halogens is 1. The summed E-state index contributed by atoms with van der Waals surface area (Å²) in [5.41, 5.74) is 0.863. The van der Waals surface area contributed by atoms with Gasteiger partial charge in [-0.2, -0.15) is 10.2 Å². The molecule has 2 rings (SSSR count). The van der Waals surface area contributed by atoms with Crippen molar-refractivity contribution in [2.24, 2.45) is 16.1 Å². The Balaban J connectivity index is 2.04. The van der Waals surface area contributed by atoms with Gasteiger partial charge in [-0.1, -0.05) is 6.07 Å². The molecule has 1 N–H and O–H groups in total. The maximum absolute atomic E-state index is 13.8. The number of nitrogens with one attached hydrogen (secondary N) is 1. The predicted molar refractivity (Wildman–Crippen MR) is 80.3 cm³/mol. The number of benzene rings is 1. The third-order valence-corrected chi connectivity index (χ3v) is 3.78. The van der Waals surface area contributed by atoms with E-state index in [-0.39, 0.29) is 17.6 Å². The Kier molecular flexibility index (Phi) is 5.64. The van der Waals surface area contributed by atoms with Gasteiger partial charge in [-0.25, -0.2) is 4.39 Å². The number of hydrogen-bond acceptors (Lipinski definition) is 5. The molecule has 21 heavy (non-hydrogen) atoms. The van der Waals surface area contributed by atoms with Gasteiger partial charge in [0, 0.05) is 25.6 Å². The zero-order valence-electron chi connectivity index (χ0n) is 12.8. The van der Waals surface area contributed by atoms with Crippen molar-refractivity contribution in [1.82, 2.24) is 10.2 Å².